The molecule has 0 saturated heterocycles. The van der Waals surface area contributed by atoms with Gasteiger partial charge in [0.1, 0.15) is 0 Å². The monoisotopic (exact) mass is 273 g/mol. The van der Waals surface area contributed by atoms with Gasteiger partial charge in [0, 0.05) is 13.2 Å². The Morgan fingerprint density at radius 1 is 1.11 bits per heavy atom. The van der Waals surface area contributed by atoms with Gasteiger partial charge < -0.3 is 21.5 Å². The van der Waals surface area contributed by atoms with Gasteiger partial charge in [0.05, 0.1) is 12.6 Å². The van der Waals surface area contributed by atoms with E-state index in [-0.39, 0.29) is 30.9 Å². The van der Waals surface area contributed by atoms with Gasteiger partial charge >= 0.3 is 0 Å². The van der Waals surface area contributed by atoms with E-state index in [4.69, 9.17) is 10.8 Å². The normalized spacial score (nSPS) is 12.3. The van der Waals surface area contributed by atoms with Gasteiger partial charge in [0.15, 0.2) is 0 Å². The van der Waals surface area contributed by atoms with Crippen molar-refractivity contribution in [3.8, 4) is 0 Å². The van der Waals surface area contributed by atoms with Crippen molar-refractivity contribution in [1.29, 1.82) is 0 Å². The first-order chi connectivity index (χ1) is 8.99. The van der Waals surface area contributed by atoms with Crippen LogP contribution in [-0.4, -0.2) is 42.7 Å². The number of hydrogen-bond acceptors (Lipinski definition) is 4. The number of carbonyl (C=O) groups is 2. The smallest absolute Gasteiger partial charge is 0.239 e. The van der Waals surface area contributed by atoms with E-state index in [0.29, 0.717) is 6.54 Å². The Labute approximate surface area is 115 Å². The molecule has 2 amide bonds. The van der Waals surface area contributed by atoms with Gasteiger partial charge in [-0.05, 0) is 18.8 Å². The van der Waals surface area contributed by atoms with Crippen molar-refractivity contribution in [2.45, 2.75) is 45.6 Å². The molecule has 6 nitrogen and oxygen atoms in total. The quantitative estimate of drug-likeness (QED) is 0.412. The Morgan fingerprint density at radius 2 is 1.74 bits per heavy atom. The van der Waals surface area contributed by atoms with Crippen LogP contribution in [0.15, 0.2) is 0 Å². The molecule has 0 aromatic rings. The lowest BCUT2D eigenvalue weighted by Crippen LogP contribution is -2.47. The fourth-order valence-corrected chi connectivity index (χ4v) is 1.47. The van der Waals surface area contributed by atoms with Gasteiger partial charge in [-0.25, -0.2) is 0 Å². The van der Waals surface area contributed by atoms with Gasteiger partial charge in [0.2, 0.25) is 11.8 Å². The van der Waals surface area contributed by atoms with Crippen LogP contribution < -0.4 is 16.4 Å². The lowest BCUT2D eigenvalue weighted by Gasteiger charge is -2.15. The second-order valence-electron chi connectivity index (χ2n) is 4.98. The third kappa shape index (κ3) is 9.44. The number of nitrogens with two attached hydrogens (primary N) is 1. The summed E-state index contributed by atoms with van der Waals surface area (Å²) in [5, 5.41) is 13.8. The third-order valence-electron chi connectivity index (χ3n) is 2.85. The van der Waals surface area contributed by atoms with Crippen LogP contribution in [0.25, 0.3) is 0 Å². The Balaban J connectivity index is 3.57. The van der Waals surface area contributed by atoms with E-state index in [1.54, 1.807) is 0 Å². The molecule has 0 aromatic heterocycles. The van der Waals surface area contributed by atoms with Gasteiger partial charge in [-0.1, -0.05) is 26.7 Å². The molecule has 112 valence electrons. The Kier molecular flexibility index (Phi) is 10.1. The minimum atomic E-state index is -0.578. The lowest BCUT2D eigenvalue weighted by atomic mass is 10.1. The highest BCUT2D eigenvalue weighted by Gasteiger charge is 2.17. The molecule has 0 spiro atoms. The molecule has 0 saturated carbocycles. The van der Waals surface area contributed by atoms with E-state index >= 15 is 0 Å². The summed E-state index contributed by atoms with van der Waals surface area (Å²) in [7, 11) is 0. The highest BCUT2D eigenvalue weighted by Crippen LogP contribution is 1.98. The highest BCUT2D eigenvalue weighted by atomic mass is 16.3. The molecule has 0 aliphatic carbocycles. The maximum Gasteiger partial charge on any atom is 0.239 e. The molecule has 6 heteroatoms. The molecule has 0 unspecified atom stereocenters. The molecular formula is C13H27N3O3. The molecule has 0 rings (SSSR count). The van der Waals surface area contributed by atoms with Crippen molar-refractivity contribution in [3.63, 3.8) is 0 Å². The topological polar surface area (TPSA) is 104 Å². The van der Waals surface area contributed by atoms with Crippen LogP contribution in [0.3, 0.4) is 0 Å². The zero-order valence-corrected chi connectivity index (χ0v) is 11.9. The summed E-state index contributed by atoms with van der Waals surface area (Å²) in [6.45, 7) is 4.49. The van der Waals surface area contributed by atoms with Crippen LogP contribution in [0, 0.1) is 5.92 Å². The molecule has 0 fully saturated rings. The first-order valence-electron chi connectivity index (χ1n) is 6.90. The molecule has 0 aromatic carbocycles. The second kappa shape index (κ2) is 10.8. The third-order valence-corrected chi connectivity index (χ3v) is 2.85. The number of aliphatic hydroxyl groups excluding tert-OH is 1. The van der Waals surface area contributed by atoms with Crippen LogP contribution in [0.2, 0.25) is 0 Å². The average Bonchev–Trinajstić information content (AvgIpc) is 2.38. The predicted octanol–water partition coefficient (Wildman–Crippen LogP) is -0.245. The molecular weight excluding hydrogens is 246 g/mol. The van der Waals surface area contributed by atoms with E-state index in [9.17, 15) is 9.59 Å². The maximum atomic E-state index is 11.5. The molecule has 0 aliphatic rings. The van der Waals surface area contributed by atoms with Crippen LogP contribution >= 0.6 is 0 Å². The van der Waals surface area contributed by atoms with Crippen molar-refractivity contribution >= 4 is 11.8 Å². The van der Waals surface area contributed by atoms with E-state index in [2.05, 4.69) is 10.6 Å². The van der Waals surface area contributed by atoms with Gasteiger partial charge in [0.25, 0.3) is 0 Å². The summed E-state index contributed by atoms with van der Waals surface area (Å²) in [4.78, 5) is 22.9. The standard InChI is InChI=1S/C13H27N3O3/c1-10(2)12(14)13(19)16-9-11(18)15-7-5-3-4-6-8-17/h10,12,17H,3-9,14H2,1-2H3,(H,15,18)(H,16,19)/t12-/m0/s1. The fraction of sp³-hybridized carbons (Fsp3) is 0.846. The summed E-state index contributed by atoms with van der Waals surface area (Å²) in [6.07, 6.45) is 3.63. The highest BCUT2D eigenvalue weighted by molar-refractivity contribution is 5.87. The molecule has 19 heavy (non-hydrogen) atoms. The maximum absolute atomic E-state index is 11.5. The van der Waals surface area contributed by atoms with E-state index < -0.39 is 6.04 Å². The second-order valence-corrected chi connectivity index (χ2v) is 4.98. The van der Waals surface area contributed by atoms with E-state index in [1.807, 2.05) is 13.8 Å². The number of amides is 2. The Bertz CT molecular complexity index is 270. The van der Waals surface area contributed by atoms with Crippen LogP contribution in [0.1, 0.15) is 39.5 Å². The Hall–Kier alpha value is -1.14. The van der Waals surface area contributed by atoms with Gasteiger partial charge in [-0.2, -0.15) is 0 Å². The fourth-order valence-electron chi connectivity index (χ4n) is 1.47. The zero-order chi connectivity index (χ0) is 14.7. The molecule has 0 radical (unpaired) electrons. The SMILES string of the molecule is CC(C)[C@H](N)C(=O)NCC(=O)NCCCCCCO. The number of hydrogen-bond donors (Lipinski definition) is 4. The van der Waals surface area contributed by atoms with Crippen molar-refractivity contribution in [2.75, 3.05) is 19.7 Å². The van der Waals surface area contributed by atoms with Crippen molar-refractivity contribution in [3.05, 3.63) is 0 Å². The predicted molar refractivity (Wildman–Crippen MR) is 74.4 cm³/mol. The van der Waals surface area contributed by atoms with Crippen molar-refractivity contribution < 1.29 is 14.7 Å². The van der Waals surface area contributed by atoms with Crippen LogP contribution in [0.4, 0.5) is 0 Å². The van der Waals surface area contributed by atoms with Gasteiger partial charge in [-0.3, -0.25) is 9.59 Å². The van der Waals surface area contributed by atoms with E-state index in [1.165, 1.54) is 0 Å². The van der Waals surface area contributed by atoms with Crippen LogP contribution in [-0.2, 0) is 9.59 Å². The Morgan fingerprint density at radius 3 is 2.32 bits per heavy atom. The minimum absolute atomic E-state index is 0.0319. The first-order valence-corrected chi connectivity index (χ1v) is 6.90. The number of rotatable bonds is 10. The van der Waals surface area contributed by atoms with Gasteiger partial charge in [-0.15, -0.1) is 0 Å². The number of carbonyl (C=O) groups excluding carboxylic acids is 2. The van der Waals surface area contributed by atoms with Crippen LogP contribution in [0.5, 0.6) is 0 Å². The molecule has 0 heterocycles. The minimum Gasteiger partial charge on any atom is -0.396 e. The number of unbranched alkanes of at least 4 members (excludes halogenated alkanes) is 3. The number of aliphatic hydroxyl groups is 1. The summed E-state index contributed by atoms with van der Waals surface area (Å²) in [6, 6.07) is -0.578. The molecule has 5 N–H and O–H groups in total. The summed E-state index contributed by atoms with van der Waals surface area (Å²) in [5.74, 6) is -0.450. The lowest BCUT2D eigenvalue weighted by molar-refractivity contribution is -0.127. The number of nitrogens with one attached hydrogen (secondary N) is 2. The molecule has 0 bridgehead atoms. The molecule has 0 aliphatic heterocycles. The average molecular weight is 273 g/mol. The summed E-state index contributed by atoms with van der Waals surface area (Å²) < 4.78 is 0. The molecule has 1 atom stereocenters. The summed E-state index contributed by atoms with van der Waals surface area (Å²) >= 11 is 0. The largest absolute Gasteiger partial charge is 0.396 e. The first kappa shape index (κ1) is 17.9. The summed E-state index contributed by atoms with van der Waals surface area (Å²) in [5.41, 5.74) is 5.65. The van der Waals surface area contributed by atoms with Crippen molar-refractivity contribution in [2.24, 2.45) is 11.7 Å². The van der Waals surface area contributed by atoms with E-state index in [0.717, 1.165) is 25.7 Å². The van der Waals surface area contributed by atoms with Crippen molar-refractivity contribution in [1.82, 2.24) is 10.6 Å². The zero-order valence-electron chi connectivity index (χ0n) is 11.9.